The van der Waals surface area contributed by atoms with Crippen LogP contribution in [0.15, 0.2) is 97.2 Å². The third-order valence-electron chi connectivity index (χ3n) is 8.87. The molecule has 0 aromatic carbocycles. The van der Waals surface area contributed by atoms with Gasteiger partial charge < -0.3 is 25.2 Å². The Kier molecular flexibility index (Phi) is 39.6. The lowest BCUT2D eigenvalue weighted by Crippen LogP contribution is -2.43. The summed E-state index contributed by atoms with van der Waals surface area (Å²) in [5.41, 5.74) is 0. The van der Waals surface area contributed by atoms with E-state index in [0.29, 0.717) is 12.8 Å². The van der Waals surface area contributed by atoms with Gasteiger partial charge in [-0.3, -0.25) is 18.6 Å². The summed E-state index contributed by atoms with van der Waals surface area (Å²) in [6.45, 7) is 2.32. The molecule has 0 aromatic heterocycles. The van der Waals surface area contributed by atoms with Gasteiger partial charge in [0.05, 0.1) is 13.2 Å². The lowest BCUT2D eigenvalue weighted by Gasteiger charge is -2.18. The zero-order valence-corrected chi connectivity index (χ0v) is 37.6. The highest BCUT2D eigenvalue weighted by molar-refractivity contribution is 7.47. The van der Waals surface area contributed by atoms with E-state index in [1.807, 2.05) is 0 Å². The number of amides is 1. The fourth-order valence-electron chi connectivity index (χ4n) is 5.47. The number of esters is 1. The van der Waals surface area contributed by atoms with Crippen LogP contribution in [0, 0.1) is 0 Å². The number of carboxylic acid groups (broad SMARTS) is 1. The molecule has 0 aliphatic carbocycles. The molecule has 0 radical (unpaired) electrons. The first-order valence-corrected chi connectivity index (χ1v) is 23.8. The monoisotopic (exact) mass is 860 g/mol. The van der Waals surface area contributed by atoms with Crippen LogP contribution >= 0.6 is 7.82 Å². The van der Waals surface area contributed by atoms with Crippen molar-refractivity contribution in [1.82, 2.24) is 5.32 Å². The zero-order valence-electron chi connectivity index (χ0n) is 36.7. The SMILES string of the molecule is CC/C=C\C/C=C\C/C=C\C/C=C\C/C=C\CCCCCCCC(=O)NC(COP(=O)(O)OCC(O)COC(=O)CCCCCCC/C=C\C/C=C\C/C=C\CC)C(=O)O. The fraction of sp³-hybridized carbons (Fsp3) is 0.604. The van der Waals surface area contributed by atoms with Crippen LogP contribution in [0.25, 0.3) is 0 Å². The van der Waals surface area contributed by atoms with Crippen molar-refractivity contribution in [3.8, 4) is 0 Å². The van der Waals surface area contributed by atoms with Crippen LogP contribution in [-0.4, -0.2) is 64.9 Å². The molecule has 60 heavy (non-hydrogen) atoms. The highest BCUT2D eigenvalue weighted by Gasteiger charge is 2.28. The van der Waals surface area contributed by atoms with Gasteiger partial charge in [0.15, 0.2) is 6.04 Å². The molecule has 0 saturated heterocycles. The number of carbonyl (C=O) groups excluding carboxylic acids is 2. The van der Waals surface area contributed by atoms with Crippen LogP contribution in [0.3, 0.4) is 0 Å². The second-order valence-electron chi connectivity index (χ2n) is 14.5. The summed E-state index contributed by atoms with van der Waals surface area (Å²) >= 11 is 0. The Morgan fingerprint density at radius 3 is 1.37 bits per heavy atom. The number of hydrogen-bond donors (Lipinski definition) is 4. The van der Waals surface area contributed by atoms with Gasteiger partial charge in [-0.15, -0.1) is 0 Å². The number of allylic oxidation sites excluding steroid dienone is 16. The standard InChI is InChI=1S/C48H78NO10P/c1-3-5-7-9-11-13-15-17-19-20-21-22-23-24-26-27-29-31-33-35-37-39-46(51)49-45(48(53)54)43-59-60(55,56)58-42-44(50)41-57-47(52)40-38-36-34-32-30-28-25-18-16-14-12-10-8-6-4-2/h5-8,11-14,17-19,21-22,24-26,44-45,50H,3-4,9-10,15-16,20,23,27-43H2,1-2H3,(H,49,51)(H,53,54)(H,55,56)/b7-5-,8-6-,13-11-,14-12-,19-17-,22-21-,25-18-,26-24-. The van der Waals surface area contributed by atoms with E-state index in [1.54, 1.807) is 0 Å². The van der Waals surface area contributed by atoms with Crippen LogP contribution in [0.4, 0.5) is 0 Å². The van der Waals surface area contributed by atoms with Crippen molar-refractivity contribution in [2.75, 3.05) is 19.8 Å². The van der Waals surface area contributed by atoms with Gasteiger partial charge in [-0.1, -0.05) is 150 Å². The van der Waals surface area contributed by atoms with Gasteiger partial charge >= 0.3 is 19.8 Å². The number of ether oxygens (including phenoxy) is 1. The van der Waals surface area contributed by atoms with E-state index in [9.17, 15) is 34.1 Å². The molecule has 0 aromatic rings. The summed E-state index contributed by atoms with van der Waals surface area (Å²) < 4.78 is 26.8. The number of aliphatic carboxylic acids is 1. The molecule has 0 bridgehead atoms. The van der Waals surface area contributed by atoms with Gasteiger partial charge in [0.1, 0.15) is 12.7 Å². The third-order valence-corrected chi connectivity index (χ3v) is 9.82. The number of unbranched alkanes of at least 4 members (excludes halogenated alkanes) is 10. The summed E-state index contributed by atoms with van der Waals surface area (Å²) in [6, 6.07) is -1.57. The number of phosphoric ester groups is 1. The molecule has 340 valence electrons. The molecular weight excluding hydrogens is 781 g/mol. The lowest BCUT2D eigenvalue weighted by molar-refractivity contribution is -0.147. The first-order chi connectivity index (χ1) is 29.1. The Labute approximate surface area is 362 Å². The molecule has 0 aliphatic heterocycles. The first kappa shape index (κ1) is 56.4. The zero-order chi connectivity index (χ0) is 44.2. The van der Waals surface area contributed by atoms with Gasteiger partial charge in [0, 0.05) is 12.8 Å². The van der Waals surface area contributed by atoms with Crippen LogP contribution in [0.1, 0.15) is 155 Å². The Morgan fingerprint density at radius 2 is 0.917 bits per heavy atom. The average molecular weight is 860 g/mol. The van der Waals surface area contributed by atoms with Crippen LogP contribution in [0.5, 0.6) is 0 Å². The van der Waals surface area contributed by atoms with Crippen LogP contribution < -0.4 is 5.32 Å². The summed E-state index contributed by atoms with van der Waals surface area (Å²) in [7, 11) is -4.77. The quantitative estimate of drug-likeness (QED) is 0.0201. The van der Waals surface area contributed by atoms with Crippen LogP contribution in [0.2, 0.25) is 0 Å². The number of rotatable bonds is 40. The summed E-state index contributed by atoms with van der Waals surface area (Å²) in [6.07, 6.45) is 52.8. The number of aliphatic hydroxyl groups excluding tert-OH is 1. The van der Waals surface area contributed by atoms with Gasteiger partial charge in [-0.25, -0.2) is 9.36 Å². The number of nitrogens with one attached hydrogen (secondary N) is 1. The summed E-state index contributed by atoms with van der Waals surface area (Å²) in [5.74, 6) is -2.43. The second kappa shape index (κ2) is 42.1. The maximum Gasteiger partial charge on any atom is 0.472 e. The predicted octanol–water partition coefficient (Wildman–Crippen LogP) is 11.7. The number of aliphatic hydroxyl groups is 1. The number of phosphoric acid groups is 1. The summed E-state index contributed by atoms with van der Waals surface area (Å²) in [4.78, 5) is 46.0. The van der Waals surface area contributed by atoms with E-state index < -0.39 is 57.6 Å². The molecule has 0 aliphatic rings. The minimum absolute atomic E-state index is 0.116. The van der Waals surface area contributed by atoms with Crippen molar-refractivity contribution < 1.29 is 47.8 Å². The van der Waals surface area contributed by atoms with E-state index in [4.69, 9.17) is 13.8 Å². The lowest BCUT2D eigenvalue weighted by atomic mass is 10.1. The highest BCUT2D eigenvalue weighted by atomic mass is 31.2. The van der Waals surface area contributed by atoms with Crippen molar-refractivity contribution in [2.24, 2.45) is 0 Å². The Morgan fingerprint density at radius 1 is 0.533 bits per heavy atom. The molecule has 0 rings (SSSR count). The number of carboxylic acids is 1. The van der Waals surface area contributed by atoms with Gasteiger partial charge in [0.25, 0.3) is 0 Å². The molecule has 0 heterocycles. The van der Waals surface area contributed by atoms with E-state index in [-0.39, 0.29) is 12.8 Å². The van der Waals surface area contributed by atoms with Crippen molar-refractivity contribution in [3.05, 3.63) is 97.2 Å². The van der Waals surface area contributed by atoms with Gasteiger partial charge in [-0.05, 0) is 89.9 Å². The molecule has 3 unspecified atom stereocenters. The topological polar surface area (TPSA) is 169 Å². The van der Waals surface area contributed by atoms with E-state index in [1.165, 1.54) is 0 Å². The molecule has 1 amide bonds. The first-order valence-electron chi connectivity index (χ1n) is 22.3. The third kappa shape index (κ3) is 41.1. The molecule has 0 spiro atoms. The minimum Gasteiger partial charge on any atom is -0.480 e. The molecule has 11 nitrogen and oxygen atoms in total. The van der Waals surface area contributed by atoms with Crippen molar-refractivity contribution in [3.63, 3.8) is 0 Å². The van der Waals surface area contributed by atoms with Gasteiger partial charge in [-0.2, -0.15) is 0 Å². The smallest absolute Gasteiger partial charge is 0.472 e. The van der Waals surface area contributed by atoms with Crippen LogP contribution in [-0.2, 0) is 32.7 Å². The van der Waals surface area contributed by atoms with Crippen molar-refractivity contribution in [1.29, 1.82) is 0 Å². The normalized spacial score (nSPS) is 14.6. The maximum atomic E-state index is 12.3. The Bertz CT molecular complexity index is 1380. The molecule has 0 fully saturated rings. The Hall–Kier alpha value is -3.60. The number of hydrogen-bond acceptors (Lipinski definition) is 8. The highest BCUT2D eigenvalue weighted by Crippen LogP contribution is 2.43. The fourth-order valence-corrected chi connectivity index (χ4v) is 6.24. The second-order valence-corrected chi connectivity index (χ2v) is 15.9. The molecule has 3 atom stereocenters. The Balaban J connectivity index is 3.98. The molecular formula is C48H78NO10P. The molecule has 4 N–H and O–H groups in total. The molecule has 0 saturated carbocycles. The van der Waals surface area contributed by atoms with Gasteiger partial charge in [0.2, 0.25) is 5.91 Å². The summed E-state index contributed by atoms with van der Waals surface area (Å²) in [5, 5.41) is 21.8. The van der Waals surface area contributed by atoms with E-state index in [2.05, 4.69) is 116 Å². The predicted molar refractivity (Wildman–Crippen MR) is 244 cm³/mol. The largest absolute Gasteiger partial charge is 0.480 e. The number of carbonyl (C=O) groups is 3. The minimum atomic E-state index is -4.77. The maximum absolute atomic E-state index is 12.3. The van der Waals surface area contributed by atoms with E-state index in [0.717, 1.165) is 116 Å². The van der Waals surface area contributed by atoms with E-state index >= 15 is 0 Å². The van der Waals surface area contributed by atoms with Crippen molar-refractivity contribution >= 4 is 25.7 Å². The average Bonchev–Trinajstić information content (AvgIpc) is 3.22. The molecule has 12 heteroatoms. The van der Waals surface area contributed by atoms with Crippen molar-refractivity contribution in [2.45, 2.75) is 167 Å².